The van der Waals surface area contributed by atoms with Crippen LogP contribution in [0.15, 0.2) is 48.5 Å². The molecule has 0 saturated heterocycles. The summed E-state index contributed by atoms with van der Waals surface area (Å²) in [5.74, 6) is 2.37. The zero-order chi connectivity index (χ0) is 19.9. The standard InChI is InChI=1S/C23H25N3O2/c1-3-14-26(21-13-12-17-8-5-6-11-20(17)21)16-22(27)25-19-10-7-9-18(15-19)23(28)24-4-2/h1,5-11,15,21H,4,12-14,16H2,2H3,(H,24,28)(H,25,27)/t21-/m1/s1. The van der Waals surface area contributed by atoms with Crippen molar-refractivity contribution in [1.29, 1.82) is 0 Å². The maximum atomic E-state index is 12.7. The number of anilines is 1. The van der Waals surface area contributed by atoms with Crippen molar-refractivity contribution in [2.45, 2.75) is 25.8 Å². The van der Waals surface area contributed by atoms with Crippen molar-refractivity contribution in [2.75, 3.05) is 25.0 Å². The third kappa shape index (κ3) is 4.59. The van der Waals surface area contributed by atoms with Gasteiger partial charge in [-0.2, -0.15) is 0 Å². The molecule has 0 heterocycles. The van der Waals surface area contributed by atoms with Gasteiger partial charge in [-0.15, -0.1) is 6.42 Å². The second-order valence-electron chi connectivity index (χ2n) is 6.85. The van der Waals surface area contributed by atoms with Crippen molar-refractivity contribution in [3.05, 3.63) is 65.2 Å². The summed E-state index contributed by atoms with van der Waals surface area (Å²) >= 11 is 0. The number of carbonyl (C=O) groups excluding carboxylic acids is 2. The van der Waals surface area contributed by atoms with Gasteiger partial charge in [-0.05, 0) is 49.1 Å². The van der Waals surface area contributed by atoms with Crippen LogP contribution in [-0.2, 0) is 11.2 Å². The Labute approximate surface area is 166 Å². The highest BCUT2D eigenvalue weighted by atomic mass is 16.2. The average Bonchev–Trinajstić information content (AvgIpc) is 3.12. The number of amides is 2. The second-order valence-corrected chi connectivity index (χ2v) is 6.85. The molecule has 0 aromatic heterocycles. The molecule has 2 aromatic rings. The molecule has 0 bridgehead atoms. The normalized spacial score (nSPS) is 15.0. The number of fused-ring (bicyclic) bond motifs is 1. The summed E-state index contributed by atoms with van der Waals surface area (Å²) in [6.45, 7) is 3.03. The number of carbonyl (C=O) groups is 2. The Balaban J connectivity index is 1.68. The summed E-state index contributed by atoms with van der Waals surface area (Å²) in [6.07, 6.45) is 7.52. The summed E-state index contributed by atoms with van der Waals surface area (Å²) in [7, 11) is 0. The van der Waals surface area contributed by atoms with Crippen LogP contribution in [-0.4, -0.2) is 36.3 Å². The molecule has 0 fully saturated rings. The molecule has 2 aromatic carbocycles. The third-order valence-corrected chi connectivity index (χ3v) is 4.93. The van der Waals surface area contributed by atoms with Crippen LogP contribution in [0.1, 0.15) is 40.9 Å². The lowest BCUT2D eigenvalue weighted by atomic mass is 10.1. The molecule has 2 amide bonds. The second kappa shape index (κ2) is 9.20. The lowest BCUT2D eigenvalue weighted by Crippen LogP contribution is -2.36. The van der Waals surface area contributed by atoms with E-state index in [-0.39, 0.29) is 24.4 Å². The first-order chi connectivity index (χ1) is 13.6. The van der Waals surface area contributed by atoms with Crippen LogP contribution in [0.3, 0.4) is 0 Å². The Morgan fingerprint density at radius 3 is 2.82 bits per heavy atom. The highest BCUT2D eigenvalue weighted by Gasteiger charge is 2.28. The fourth-order valence-corrected chi connectivity index (χ4v) is 3.69. The number of terminal acetylenes is 1. The Morgan fingerprint density at radius 2 is 2.04 bits per heavy atom. The number of hydrogen-bond donors (Lipinski definition) is 2. The Bertz CT molecular complexity index is 901. The summed E-state index contributed by atoms with van der Waals surface area (Å²) < 4.78 is 0. The van der Waals surface area contributed by atoms with Gasteiger partial charge >= 0.3 is 0 Å². The van der Waals surface area contributed by atoms with Gasteiger partial charge in [0.1, 0.15) is 0 Å². The fraction of sp³-hybridized carbons (Fsp3) is 0.304. The maximum absolute atomic E-state index is 12.7. The van der Waals surface area contributed by atoms with E-state index < -0.39 is 0 Å². The van der Waals surface area contributed by atoms with Crippen molar-refractivity contribution in [3.63, 3.8) is 0 Å². The molecule has 0 spiro atoms. The van der Waals surface area contributed by atoms with E-state index in [1.807, 2.05) is 24.0 Å². The summed E-state index contributed by atoms with van der Waals surface area (Å²) in [6, 6.07) is 15.4. The summed E-state index contributed by atoms with van der Waals surface area (Å²) in [5.41, 5.74) is 3.69. The van der Waals surface area contributed by atoms with E-state index in [0.717, 1.165) is 12.8 Å². The zero-order valence-electron chi connectivity index (χ0n) is 16.1. The van der Waals surface area contributed by atoms with Gasteiger partial charge < -0.3 is 10.6 Å². The van der Waals surface area contributed by atoms with E-state index in [4.69, 9.17) is 6.42 Å². The Kier molecular flexibility index (Phi) is 6.46. The number of nitrogens with one attached hydrogen (secondary N) is 2. The minimum atomic E-state index is -0.157. The molecular formula is C23H25N3O2. The number of benzene rings is 2. The van der Waals surface area contributed by atoms with E-state index in [2.05, 4.69) is 28.7 Å². The van der Waals surface area contributed by atoms with Gasteiger partial charge in [-0.1, -0.05) is 36.3 Å². The largest absolute Gasteiger partial charge is 0.352 e. The average molecular weight is 375 g/mol. The van der Waals surface area contributed by atoms with Gasteiger partial charge in [-0.25, -0.2) is 0 Å². The Hall–Kier alpha value is -3.10. The van der Waals surface area contributed by atoms with Crippen molar-refractivity contribution >= 4 is 17.5 Å². The lowest BCUT2D eigenvalue weighted by Gasteiger charge is -2.27. The zero-order valence-corrected chi connectivity index (χ0v) is 16.1. The van der Waals surface area contributed by atoms with Crippen molar-refractivity contribution < 1.29 is 9.59 Å². The van der Waals surface area contributed by atoms with Crippen LogP contribution in [0.5, 0.6) is 0 Å². The lowest BCUT2D eigenvalue weighted by molar-refractivity contribution is -0.117. The maximum Gasteiger partial charge on any atom is 0.251 e. The molecule has 144 valence electrons. The molecule has 5 nitrogen and oxygen atoms in total. The Morgan fingerprint density at radius 1 is 1.21 bits per heavy atom. The number of nitrogens with zero attached hydrogens (tertiary/aromatic N) is 1. The molecule has 0 saturated carbocycles. The van der Waals surface area contributed by atoms with Gasteiger partial charge in [-0.3, -0.25) is 14.5 Å². The van der Waals surface area contributed by atoms with E-state index in [1.165, 1.54) is 11.1 Å². The van der Waals surface area contributed by atoms with E-state index in [9.17, 15) is 9.59 Å². The summed E-state index contributed by atoms with van der Waals surface area (Å²) in [4.78, 5) is 26.7. The first kappa shape index (κ1) is 19.7. The van der Waals surface area contributed by atoms with Crippen LogP contribution in [0.2, 0.25) is 0 Å². The van der Waals surface area contributed by atoms with Crippen LogP contribution in [0.25, 0.3) is 0 Å². The molecule has 0 radical (unpaired) electrons. The first-order valence-corrected chi connectivity index (χ1v) is 9.55. The molecule has 1 aliphatic rings. The number of rotatable bonds is 7. The van der Waals surface area contributed by atoms with Crippen LogP contribution < -0.4 is 10.6 Å². The molecule has 2 N–H and O–H groups in total. The highest BCUT2D eigenvalue weighted by Crippen LogP contribution is 2.35. The predicted molar refractivity (Wildman–Crippen MR) is 111 cm³/mol. The van der Waals surface area contributed by atoms with Crippen molar-refractivity contribution in [2.24, 2.45) is 0 Å². The fourth-order valence-electron chi connectivity index (χ4n) is 3.69. The van der Waals surface area contributed by atoms with Gasteiger partial charge in [0.05, 0.1) is 13.1 Å². The molecule has 0 unspecified atom stereocenters. The predicted octanol–water partition coefficient (Wildman–Crippen LogP) is 3.00. The van der Waals surface area contributed by atoms with Crippen LogP contribution >= 0.6 is 0 Å². The van der Waals surface area contributed by atoms with Crippen molar-refractivity contribution in [1.82, 2.24) is 10.2 Å². The molecule has 1 atom stereocenters. The number of hydrogen-bond acceptors (Lipinski definition) is 3. The minimum absolute atomic E-state index is 0.146. The molecule has 3 rings (SSSR count). The topological polar surface area (TPSA) is 61.4 Å². The van der Waals surface area contributed by atoms with Gasteiger partial charge in [0.2, 0.25) is 5.91 Å². The van der Waals surface area contributed by atoms with Crippen LogP contribution in [0.4, 0.5) is 5.69 Å². The van der Waals surface area contributed by atoms with Crippen LogP contribution in [0, 0.1) is 12.3 Å². The van der Waals surface area contributed by atoms with E-state index in [0.29, 0.717) is 24.3 Å². The number of aryl methyl sites for hydroxylation is 1. The van der Waals surface area contributed by atoms with Gasteiger partial charge in [0.15, 0.2) is 0 Å². The molecular weight excluding hydrogens is 350 g/mol. The van der Waals surface area contributed by atoms with E-state index in [1.54, 1.807) is 24.3 Å². The monoisotopic (exact) mass is 375 g/mol. The third-order valence-electron chi connectivity index (χ3n) is 4.93. The molecule has 0 aliphatic heterocycles. The molecule has 1 aliphatic carbocycles. The molecule has 5 heteroatoms. The first-order valence-electron chi connectivity index (χ1n) is 9.55. The highest BCUT2D eigenvalue weighted by molar-refractivity contribution is 5.97. The van der Waals surface area contributed by atoms with E-state index >= 15 is 0 Å². The molecule has 28 heavy (non-hydrogen) atoms. The SMILES string of the molecule is C#CCN(CC(=O)Nc1cccc(C(=O)NCC)c1)[C@@H]1CCc2ccccc21. The summed E-state index contributed by atoms with van der Waals surface area (Å²) in [5, 5.41) is 5.64. The smallest absolute Gasteiger partial charge is 0.251 e. The quantitative estimate of drug-likeness (QED) is 0.732. The van der Waals surface area contributed by atoms with Crippen molar-refractivity contribution in [3.8, 4) is 12.3 Å². The van der Waals surface area contributed by atoms with Gasteiger partial charge in [0.25, 0.3) is 5.91 Å². The minimum Gasteiger partial charge on any atom is -0.352 e. The van der Waals surface area contributed by atoms with Gasteiger partial charge in [0, 0.05) is 23.8 Å².